The van der Waals surface area contributed by atoms with E-state index >= 15 is 0 Å². The number of carbonyl (C=O) groups excluding carboxylic acids is 10. The molecule has 0 aliphatic carbocycles. The summed E-state index contributed by atoms with van der Waals surface area (Å²) in [6.45, 7) is 27.7. The molecule has 24 heteroatoms. The highest BCUT2D eigenvalue weighted by Crippen LogP contribution is 2.26. The van der Waals surface area contributed by atoms with E-state index in [0.29, 0.717) is 24.3 Å². The number of rotatable bonds is 14. The zero-order chi connectivity index (χ0) is 60.1. The van der Waals surface area contributed by atoms with Gasteiger partial charge in [0.25, 0.3) is 5.91 Å². The molecule has 7 N–H and O–H groups in total. The second-order valence-corrected chi connectivity index (χ2v) is 23.3. The van der Waals surface area contributed by atoms with Crippen molar-refractivity contribution in [2.24, 2.45) is 29.6 Å². The number of nitrogens with zero attached hydrogens (tertiary/aromatic N) is 1. The van der Waals surface area contributed by atoms with Gasteiger partial charge in [-0.05, 0) is 86.7 Å². The normalized spacial score (nSPS) is 27.3. The number of hydrogen-bond donors (Lipinski definition) is 10. The van der Waals surface area contributed by atoms with Gasteiger partial charge in [0.2, 0.25) is 35.4 Å². The quantitative estimate of drug-likeness (QED) is 0.0512. The Bertz CT molecular complexity index is 2120. The molecule has 3 fully saturated rings. The van der Waals surface area contributed by atoms with Crippen LogP contribution in [0.3, 0.4) is 0 Å². The lowest BCUT2D eigenvalue weighted by atomic mass is 9.88. The Morgan fingerprint density at radius 2 is 1.08 bits per heavy atom. The summed E-state index contributed by atoms with van der Waals surface area (Å²) in [4.78, 5) is 132. The van der Waals surface area contributed by atoms with Gasteiger partial charge in [0.05, 0.1) is 24.8 Å². The SMILES string of the molecule is C/C=C1\NC(=O)[C@@H](CS)NC(=O)[C@@H](C(C)C)NC(=O)C[C@@H](/C=C/CCS)OC(=O)[C@H](C(C)C)NC1=O.CC1SC[C@H]2NC(=O)[C@@H](C(C)C)NC(=O)C[C@@H](/C=C/CCS)OC(=O)[C@H](C(C)C)CC(=O)C1NC2=O.CCN(CC)CC. The maximum atomic E-state index is 13.3. The summed E-state index contributed by atoms with van der Waals surface area (Å²) < 4.78 is 11.3. The maximum Gasteiger partial charge on any atom is 0.329 e. The molecule has 20 nitrogen and oxygen atoms in total. The summed E-state index contributed by atoms with van der Waals surface area (Å²) >= 11 is 13.9. The molecule has 0 saturated carbocycles. The number of carbonyl (C=O) groups is 10. The summed E-state index contributed by atoms with van der Waals surface area (Å²) in [6, 6.07) is -5.59. The summed E-state index contributed by atoms with van der Waals surface area (Å²) in [5.74, 6) is -5.88. The number of allylic oxidation sites excluding steroid dienone is 3. The van der Waals surface area contributed by atoms with Gasteiger partial charge < -0.3 is 51.6 Å². The van der Waals surface area contributed by atoms with Gasteiger partial charge in [-0.2, -0.15) is 49.6 Å². The molecule has 3 aliphatic rings. The highest BCUT2D eigenvalue weighted by atomic mass is 32.2. The van der Waals surface area contributed by atoms with Crippen LogP contribution in [0.1, 0.15) is 122 Å². The molecule has 3 saturated heterocycles. The fourth-order valence-electron chi connectivity index (χ4n) is 8.06. The topological polar surface area (TPSA) is 277 Å². The Hall–Kier alpha value is -4.52. The number of fused-ring (bicyclic) bond motifs is 3. The summed E-state index contributed by atoms with van der Waals surface area (Å²) in [6.07, 6.45) is 7.08. The van der Waals surface area contributed by atoms with Crippen molar-refractivity contribution in [1.82, 2.24) is 42.1 Å². The number of amides is 7. The number of nitrogens with one attached hydrogen (secondary N) is 7. The van der Waals surface area contributed by atoms with Crippen molar-refractivity contribution in [3.63, 3.8) is 0 Å². The molecule has 448 valence electrons. The van der Waals surface area contributed by atoms with Crippen LogP contribution in [-0.2, 0) is 57.4 Å². The average molecular weight is 1190 g/mol. The first-order chi connectivity index (χ1) is 37.2. The fraction of sp³-hybridized carbons (Fsp3) is 0.709. The average Bonchev–Trinajstić information content (AvgIpc) is 3.52. The van der Waals surface area contributed by atoms with Crippen LogP contribution in [0.15, 0.2) is 36.1 Å². The third-order valence-electron chi connectivity index (χ3n) is 13.1. The molecule has 10 atom stereocenters. The standard InChI is InChI=1S/C25H39N3O6S2.C24H38N4O6S2.C6H15N/c1-13(2)17-11-19(29)22-15(5)36-12-18(23(31)28-22)26-24(32)21(14(3)4)27-20(30)10-16(34-25(17)33)8-6-7-9-35;1-6-16-21(30)28-20(14(4)5)24(33)34-15(9-7-8-10-35)11-18(29)27-19(13(2)3)23(32)26-17(12-36)22(31)25-16;1-4-7(5-2)6-3/h6,8,13-18,21-22,35H,7,9-12H2,1-5H3,(H,26,32)(H,27,30)(H,28,31);6-7,9,13-15,17,19-20,35-36H,8,10-12H2,1-5H3,(H,25,31)(H,26,32)(H,27,29)(H,28,30);4-6H2,1-3H3/b8-6+;9-7+,16-6-;/t15?,16-,17+,18-,21-,22?;15-,17-,19-,20+;/m11./s1. The zero-order valence-corrected chi connectivity index (χ0v) is 52.1. The van der Waals surface area contributed by atoms with E-state index in [2.05, 4.69) is 101 Å². The van der Waals surface area contributed by atoms with Crippen LogP contribution in [-0.4, -0.2) is 160 Å². The van der Waals surface area contributed by atoms with Crippen LogP contribution in [0.5, 0.6) is 0 Å². The van der Waals surface area contributed by atoms with Crippen LogP contribution < -0.4 is 37.2 Å². The minimum absolute atomic E-state index is 0.0477. The first-order valence-electron chi connectivity index (χ1n) is 27.4. The molecule has 3 heterocycles. The maximum absolute atomic E-state index is 13.3. The van der Waals surface area contributed by atoms with E-state index in [1.165, 1.54) is 37.5 Å². The minimum Gasteiger partial charge on any atom is -0.457 e. The van der Waals surface area contributed by atoms with Crippen molar-refractivity contribution in [1.29, 1.82) is 0 Å². The number of Topliss-reactive ketones (excluding diaryl/α,β-unsaturated/α-hetero) is 1. The molecule has 0 spiro atoms. The third kappa shape index (κ3) is 25.9. The zero-order valence-electron chi connectivity index (χ0n) is 48.6. The molecular formula is C55H92N8O12S4. The summed E-state index contributed by atoms with van der Waals surface area (Å²) in [5, 5.41) is 18.3. The van der Waals surface area contributed by atoms with E-state index in [0.717, 1.165) is 0 Å². The van der Waals surface area contributed by atoms with Gasteiger partial charge in [-0.15, -0.1) is 0 Å². The number of thiol groups is 3. The predicted molar refractivity (Wildman–Crippen MR) is 319 cm³/mol. The van der Waals surface area contributed by atoms with E-state index in [1.807, 2.05) is 20.8 Å². The fourth-order valence-corrected chi connectivity index (χ4v) is 9.76. The molecule has 3 aliphatic heterocycles. The Kier molecular flexibility index (Phi) is 35.1. The van der Waals surface area contributed by atoms with Crippen molar-refractivity contribution in [2.45, 2.75) is 176 Å². The Morgan fingerprint density at radius 3 is 1.49 bits per heavy atom. The first kappa shape index (κ1) is 72.5. The number of hydrogen-bond acceptors (Lipinski definition) is 17. The van der Waals surface area contributed by atoms with Gasteiger partial charge in [-0.3, -0.25) is 43.2 Å². The smallest absolute Gasteiger partial charge is 0.329 e. The number of thioether (sulfide) groups is 1. The van der Waals surface area contributed by atoms with Crippen LogP contribution >= 0.6 is 49.6 Å². The highest BCUT2D eigenvalue weighted by Gasteiger charge is 2.40. The minimum atomic E-state index is -1.07. The number of ketones is 1. The van der Waals surface area contributed by atoms with Crippen molar-refractivity contribution >= 4 is 109 Å². The Labute approximate surface area is 489 Å². The van der Waals surface area contributed by atoms with Crippen molar-refractivity contribution in [2.75, 3.05) is 42.6 Å². The van der Waals surface area contributed by atoms with Gasteiger partial charge in [-0.25, -0.2) is 4.79 Å². The van der Waals surface area contributed by atoms with Crippen LogP contribution in [0.2, 0.25) is 0 Å². The second-order valence-electron chi connectivity index (χ2n) is 20.7. The lowest BCUT2D eigenvalue weighted by Gasteiger charge is -2.27. The van der Waals surface area contributed by atoms with Crippen molar-refractivity contribution in [3.05, 3.63) is 36.1 Å². The molecule has 7 amide bonds. The highest BCUT2D eigenvalue weighted by molar-refractivity contribution is 8.00. The lowest BCUT2D eigenvalue weighted by Crippen LogP contribution is -2.57. The van der Waals surface area contributed by atoms with E-state index in [4.69, 9.17) is 9.47 Å². The molecule has 79 heavy (non-hydrogen) atoms. The molecule has 0 radical (unpaired) electrons. The number of cyclic esters (lactones) is 2. The summed E-state index contributed by atoms with van der Waals surface area (Å²) in [5.41, 5.74) is -0.0921. The Balaban J connectivity index is 0.000000703. The van der Waals surface area contributed by atoms with Crippen molar-refractivity contribution < 1.29 is 57.4 Å². The van der Waals surface area contributed by atoms with E-state index in [9.17, 15) is 47.9 Å². The molecule has 0 aromatic rings. The molecule has 3 rings (SSSR count). The van der Waals surface area contributed by atoms with E-state index < -0.39 is 108 Å². The molecule has 2 bridgehead atoms. The lowest BCUT2D eigenvalue weighted by molar-refractivity contribution is -0.156. The van der Waals surface area contributed by atoms with Gasteiger partial charge in [0.15, 0.2) is 5.78 Å². The Morgan fingerprint density at radius 1 is 0.595 bits per heavy atom. The van der Waals surface area contributed by atoms with Crippen LogP contribution in [0.25, 0.3) is 0 Å². The van der Waals surface area contributed by atoms with E-state index in [-0.39, 0.29) is 71.2 Å². The van der Waals surface area contributed by atoms with Crippen LogP contribution in [0, 0.1) is 29.6 Å². The first-order valence-corrected chi connectivity index (χ1v) is 30.4. The second kappa shape index (κ2) is 38.2. The number of ether oxygens (including phenoxy) is 2. The number of esters is 2. The van der Waals surface area contributed by atoms with Gasteiger partial charge in [0.1, 0.15) is 48.1 Å². The van der Waals surface area contributed by atoms with Gasteiger partial charge in [0, 0.05) is 23.2 Å². The summed E-state index contributed by atoms with van der Waals surface area (Å²) in [7, 11) is 0. The molecule has 2 unspecified atom stereocenters. The molecular weight excluding hydrogens is 1090 g/mol. The third-order valence-corrected chi connectivity index (χ3v) is 15.3. The largest absolute Gasteiger partial charge is 0.457 e. The van der Waals surface area contributed by atoms with Crippen LogP contribution in [0.4, 0.5) is 0 Å². The van der Waals surface area contributed by atoms with Crippen molar-refractivity contribution in [3.8, 4) is 0 Å². The molecule has 0 aromatic heterocycles. The predicted octanol–water partition coefficient (Wildman–Crippen LogP) is 3.90. The monoisotopic (exact) mass is 1180 g/mol. The molecule has 0 aromatic carbocycles. The van der Waals surface area contributed by atoms with Gasteiger partial charge >= 0.3 is 11.9 Å². The van der Waals surface area contributed by atoms with E-state index in [1.54, 1.807) is 72.8 Å². The van der Waals surface area contributed by atoms with Gasteiger partial charge in [-0.1, -0.05) is 101 Å².